The first-order chi connectivity index (χ1) is 12.9. The molecular formula is C22H29NO4. The summed E-state index contributed by atoms with van der Waals surface area (Å²) in [6.45, 7) is 2.80. The van der Waals surface area contributed by atoms with Gasteiger partial charge in [-0.2, -0.15) is 0 Å². The summed E-state index contributed by atoms with van der Waals surface area (Å²) < 4.78 is 5.51. The molecule has 0 saturated heterocycles. The summed E-state index contributed by atoms with van der Waals surface area (Å²) in [7, 11) is 0. The summed E-state index contributed by atoms with van der Waals surface area (Å²) in [6.07, 6.45) is 4.87. The Kier molecular flexibility index (Phi) is 4.75. The fraction of sp³-hybridized carbons (Fsp3) is 0.636. The van der Waals surface area contributed by atoms with Crippen LogP contribution in [0.3, 0.4) is 0 Å². The highest BCUT2D eigenvalue weighted by atomic mass is 16.5. The van der Waals surface area contributed by atoms with Gasteiger partial charge in [0.1, 0.15) is 0 Å². The van der Waals surface area contributed by atoms with E-state index in [1.807, 2.05) is 37.3 Å². The summed E-state index contributed by atoms with van der Waals surface area (Å²) >= 11 is 0. The number of carbonyl (C=O) groups is 2. The van der Waals surface area contributed by atoms with Gasteiger partial charge in [-0.05, 0) is 62.8 Å². The Morgan fingerprint density at radius 2 is 1.81 bits per heavy atom. The fourth-order valence-corrected chi connectivity index (χ4v) is 6.00. The Morgan fingerprint density at radius 1 is 1.15 bits per heavy atom. The Bertz CT molecular complexity index is 702. The van der Waals surface area contributed by atoms with Crippen molar-refractivity contribution in [2.45, 2.75) is 57.6 Å². The third-order valence-corrected chi connectivity index (χ3v) is 6.74. The number of carbonyl (C=O) groups excluding carboxylic acids is 2. The molecule has 4 aliphatic rings. The van der Waals surface area contributed by atoms with Crippen LogP contribution >= 0.6 is 0 Å². The molecule has 1 N–H and O–H groups in total. The molecule has 0 aromatic heterocycles. The Morgan fingerprint density at radius 3 is 2.41 bits per heavy atom. The normalized spacial score (nSPS) is 33.7. The lowest BCUT2D eigenvalue weighted by Crippen LogP contribution is -2.58. The van der Waals surface area contributed by atoms with Crippen LogP contribution in [0, 0.1) is 17.3 Å². The van der Waals surface area contributed by atoms with Crippen molar-refractivity contribution < 1.29 is 19.4 Å². The zero-order valence-corrected chi connectivity index (χ0v) is 16.0. The molecule has 4 fully saturated rings. The molecule has 1 aromatic rings. The van der Waals surface area contributed by atoms with E-state index in [0.717, 1.165) is 37.7 Å². The van der Waals surface area contributed by atoms with E-state index in [1.165, 1.54) is 0 Å². The highest BCUT2D eigenvalue weighted by molar-refractivity contribution is 5.83. The van der Waals surface area contributed by atoms with Crippen molar-refractivity contribution in [3.8, 4) is 0 Å². The molecule has 4 bridgehead atoms. The van der Waals surface area contributed by atoms with Crippen LogP contribution in [0.25, 0.3) is 0 Å². The van der Waals surface area contributed by atoms with Gasteiger partial charge in [0.15, 0.2) is 6.61 Å². The van der Waals surface area contributed by atoms with Gasteiger partial charge in [0.2, 0.25) is 0 Å². The van der Waals surface area contributed by atoms with E-state index < -0.39 is 11.0 Å². The predicted molar refractivity (Wildman–Crippen MR) is 101 cm³/mol. The minimum absolute atomic E-state index is 0.168. The van der Waals surface area contributed by atoms with Gasteiger partial charge >= 0.3 is 5.97 Å². The molecule has 4 saturated carbocycles. The van der Waals surface area contributed by atoms with E-state index in [-0.39, 0.29) is 18.5 Å². The number of benzene rings is 1. The van der Waals surface area contributed by atoms with Crippen LogP contribution in [-0.2, 0) is 20.9 Å². The van der Waals surface area contributed by atoms with Crippen LogP contribution in [-0.4, -0.2) is 40.6 Å². The molecule has 1 amide bonds. The topological polar surface area (TPSA) is 66.8 Å². The van der Waals surface area contributed by atoms with Crippen molar-refractivity contribution in [2.24, 2.45) is 17.3 Å². The number of nitrogens with zero attached hydrogens (tertiary/aromatic N) is 1. The van der Waals surface area contributed by atoms with Gasteiger partial charge in [-0.15, -0.1) is 0 Å². The van der Waals surface area contributed by atoms with E-state index in [2.05, 4.69) is 0 Å². The van der Waals surface area contributed by atoms with E-state index in [0.29, 0.717) is 31.3 Å². The molecule has 2 atom stereocenters. The summed E-state index contributed by atoms with van der Waals surface area (Å²) in [6, 6.07) is 9.82. The number of esters is 1. The van der Waals surface area contributed by atoms with Crippen molar-refractivity contribution in [3.63, 3.8) is 0 Å². The maximum Gasteiger partial charge on any atom is 0.312 e. The maximum atomic E-state index is 12.9. The molecule has 27 heavy (non-hydrogen) atoms. The average molecular weight is 371 g/mol. The van der Waals surface area contributed by atoms with Crippen LogP contribution in [0.2, 0.25) is 0 Å². The first kappa shape index (κ1) is 18.5. The number of amides is 1. The minimum atomic E-state index is -0.699. The van der Waals surface area contributed by atoms with Gasteiger partial charge in [0.25, 0.3) is 5.91 Å². The molecule has 0 spiro atoms. The van der Waals surface area contributed by atoms with Crippen molar-refractivity contribution in [3.05, 3.63) is 35.9 Å². The number of hydrogen-bond acceptors (Lipinski definition) is 4. The summed E-state index contributed by atoms with van der Waals surface area (Å²) in [4.78, 5) is 27.2. The molecule has 4 aliphatic carbocycles. The Labute approximate surface area is 160 Å². The van der Waals surface area contributed by atoms with Crippen molar-refractivity contribution >= 4 is 11.9 Å². The number of ether oxygens (including phenoxy) is 1. The maximum absolute atomic E-state index is 12.9. The molecule has 1 aromatic carbocycles. The van der Waals surface area contributed by atoms with Crippen molar-refractivity contribution in [1.29, 1.82) is 0 Å². The second-order valence-electron chi connectivity index (χ2n) is 8.94. The fourth-order valence-electron chi connectivity index (χ4n) is 6.00. The Hall–Kier alpha value is -1.88. The van der Waals surface area contributed by atoms with Gasteiger partial charge in [-0.25, -0.2) is 0 Å². The minimum Gasteiger partial charge on any atom is -0.455 e. The predicted octanol–water partition coefficient (Wildman–Crippen LogP) is 2.91. The number of hydrogen-bond donors (Lipinski definition) is 1. The van der Waals surface area contributed by atoms with Crippen LogP contribution in [0.4, 0.5) is 0 Å². The number of aliphatic hydroxyl groups is 1. The van der Waals surface area contributed by atoms with Gasteiger partial charge < -0.3 is 14.7 Å². The van der Waals surface area contributed by atoms with Crippen LogP contribution in [0.15, 0.2) is 30.3 Å². The van der Waals surface area contributed by atoms with E-state index >= 15 is 0 Å². The molecule has 5 rings (SSSR count). The van der Waals surface area contributed by atoms with Crippen molar-refractivity contribution in [1.82, 2.24) is 4.90 Å². The van der Waals surface area contributed by atoms with E-state index in [9.17, 15) is 14.7 Å². The average Bonchev–Trinajstić information content (AvgIpc) is 2.62. The van der Waals surface area contributed by atoms with Gasteiger partial charge in [-0.1, -0.05) is 30.3 Å². The highest BCUT2D eigenvalue weighted by Crippen LogP contribution is 2.61. The molecule has 2 unspecified atom stereocenters. The number of likely N-dealkylation sites (N-methyl/N-ethyl adjacent to an activating group) is 1. The second kappa shape index (κ2) is 6.93. The Balaban J connectivity index is 1.36. The first-order valence-electron chi connectivity index (χ1n) is 10.1. The molecule has 5 heteroatoms. The lowest BCUT2D eigenvalue weighted by Gasteiger charge is -2.58. The lowest BCUT2D eigenvalue weighted by atomic mass is 9.48. The van der Waals surface area contributed by atoms with Gasteiger partial charge in [0, 0.05) is 13.1 Å². The third-order valence-electron chi connectivity index (χ3n) is 6.74. The smallest absolute Gasteiger partial charge is 0.312 e. The SMILES string of the molecule is CCN(Cc1ccccc1)C(=O)COC(=O)C12CC3CC(CC(O)(C3)C1)C2. The first-order valence-corrected chi connectivity index (χ1v) is 10.1. The monoisotopic (exact) mass is 371 g/mol. The standard InChI is InChI=1S/C22H29NO4/c1-2-23(13-16-6-4-3-5-7-16)19(24)14-27-20(25)21-9-17-8-18(10-21)12-22(26,11-17)15-21/h3-7,17-18,26H,2,8-15H2,1H3. The van der Waals surface area contributed by atoms with Gasteiger partial charge in [0.05, 0.1) is 11.0 Å². The summed E-state index contributed by atoms with van der Waals surface area (Å²) in [5.41, 5.74) is -0.215. The molecule has 5 nitrogen and oxygen atoms in total. The summed E-state index contributed by atoms with van der Waals surface area (Å²) in [5.74, 6) is 0.395. The molecular weight excluding hydrogens is 342 g/mol. The zero-order chi connectivity index (χ0) is 19.1. The number of rotatable bonds is 6. The lowest BCUT2D eigenvalue weighted by molar-refractivity contribution is -0.197. The second-order valence-corrected chi connectivity index (χ2v) is 8.94. The van der Waals surface area contributed by atoms with Crippen LogP contribution in [0.1, 0.15) is 51.0 Å². The van der Waals surface area contributed by atoms with Crippen LogP contribution in [0.5, 0.6) is 0 Å². The van der Waals surface area contributed by atoms with Crippen LogP contribution < -0.4 is 0 Å². The molecule has 146 valence electrons. The quantitative estimate of drug-likeness (QED) is 0.781. The van der Waals surface area contributed by atoms with Crippen molar-refractivity contribution in [2.75, 3.05) is 13.2 Å². The summed E-state index contributed by atoms with van der Waals surface area (Å²) in [5, 5.41) is 10.8. The molecule has 0 heterocycles. The zero-order valence-electron chi connectivity index (χ0n) is 16.0. The molecule has 0 radical (unpaired) electrons. The third kappa shape index (κ3) is 3.62. The highest BCUT2D eigenvalue weighted by Gasteiger charge is 2.60. The largest absolute Gasteiger partial charge is 0.455 e. The van der Waals surface area contributed by atoms with E-state index in [1.54, 1.807) is 4.90 Å². The van der Waals surface area contributed by atoms with E-state index in [4.69, 9.17) is 4.74 Å². The van der Waals surface area contributed by atoms with Gasteiger partial charge in [-0.3, -0.25) is 9.59 Å². The molecule has 0 aliphatic heterocycles.